The van der Waals surface area contributed by atoms with E-state index in [9.17, 15) is 13.2 Å². The molecule has 2 rings (SSSR count). The molecule has 1 aromatic carbocycles. The number of alkyl halides is 3. The van der Waals surface area contributed by atoms with E-state index in [1.165, 1.54) is 10.9 Å². The predicted molar refractivity (Wildman–Crippen MR) is 110 cm³/mol. The van der Waals surface area contributed by atoms with Crippen LogP contribution in [-0.4, -0.2) is 18.0 Å². The van der Waals surface area contributed by atoms with Crippen LogP contribution in [0, 0.1) is 0 Å². The van der Waals surface area contributed by atoms with Gasteiger partial charge in [0.25, 0.3) is 0 Å². The lowest BCUT2D eigenvalue weighted by Crippen LogP contribution is -2.38. The van der Waals surface area contributed by atoms with Crippen LogP contribution < -0.4 is 10.6 Å². The molecule has 0 aliphatic heterocycles. The molecule has 26 heavy (non-hydrogen) atoms. The van der Waals surface area contributed by atoms with Gasteiger partial charge in [0.15, 0.2) is 5.96 Å². The van der Waals surface area contributed by atoms with Gasteiger partial charge >= 0.3 is 6.18 Å². The third-order valence-corrected chi connectivity index (χ3v) is 4.79. The average Bonchev–Trinajstić information content (AvgIpc) is 3.05. The summed E-state index contributed by atoms with van der Waals surface area (Å²) in [5, 5.41) is 7.17. The van der Waals surface area contributed by atoms with Gasteiger partial charge in [-0.1, -0.05) is 19.1 Å². The Kier molecular flexibility index (Phi) is 8.81. The fraction of sp³-hybridized carbons (Fsp3) is 0.412. The monoisotopic (exact) mass is 498 g/mol. The van der Waals surface area contributed by atoms with Gasteiger partial charge < -0.3 is 10.6 Å². The predicted octanol–water partition coefficient (Wildman–Crippen LogP) is 4.77. The molecule has 4 nitrogen and oxygen atoms in total. The van der Waals surface area contributed by atoms with Crippen LogP contribution in [0.2, 0.25) is 0 Å². The van der Waals surface area contributed by atoms with Crippen molar-refractivity contribution in [3.63, 3.8) is 0 Å². The first-order valence-electron chi connectivity index (χ1n) is 7.91. The largest absolute Gasteiger partial charge is 0.416 e. The van der Waals surface area contributed by atoms with Crippen molar-refractivity contribution in [3.05, 3.63) is 51.5 Å². The molecule has 1 unspecified atom stereocenters. The van der Waals surface area contributed by atoms with Crippen molar-refractivity contribution in [1.29, 1.82) is 0 Å². The summed E-state index contributed by atoms with van der Waals surface area (Å²) in [5.74, 6) is 0.512. The van der Waals surface area contributed by atoms with E-state index >= 15 is 0 Å². The Labute approximate surface area is 172 Å². The van der Waals surface area contributed by atoms with Crippen LogP contribution in [0.15, 0.2) is 35.5 Å². The summed E-state index contributed by atoms with van der Waals surface area (Å²) in [6.07, 6.45) is -1.56. The highest BCUT2D eigenvalue weighted by atomic mass is 127. The van der Waals surface area contributed by atoms with Crippen LogP contribution in [0.4, 0.5) is 13.2 Å². The Balaban J connectivity index is 0.00000338. The Morgan fingerprint density at radius 3 is 2.65 bits per heavy atom. The maximum absolute atomic E-state index is 12.8. The van der Waals surface area contributed by atoms with Gasteiger partial charge in [0.1, 0.15) is 5.01 Å². The number of hydrogen-bond acceptors (Lipinski definition) is 3. The van der Waals surface area contributed by atoms with Gasteiger partial charge in [-0.15, -0.1) is 35.3 Å². The number of benzene rings is 1. The van der Waals surface area contributed by atoms with Crippen LogP contribution in [0.3, 0.4) is 0 Å². The van der Waals surface area contributed by atoms with Crippen molar-refractivity contribution in [1.82, 2.24) is 15.6 Å². The molecule has 9 heteroatoms. The van der Waals surface area contributed by atoms with Crippen LogP contribution in [0.5, 0.6) is 0 Å². The molecule has 0 spiro atoms. The van der Waals surface area contributed by atoms with Crippen molar-refractivity contribution in [2.24, 2.45) is 4.99 Å². The highest BCUT2D eigenvalue weighted by molar-refractivity contribution is 14.0. The molecule has 0 radical (unpaired) electrons. The molecule has 0 saturated carbocycles. The molecule has 0 saturated heterocycles. The molecule has 1 heterocycles. The highest BCUT2D eigenvalue weighted by Crippen LogP contribution is 2.30. The first-order chi connectivity index (χ1) is 11.8. The first kappa shape index (κ1) is 22.7. The Bertz CT molecular complexity index is 731. The minimum absolute atomic E-state index is 0. The van der Waals surface area contributed by atoms with Gasteiger partial charge in [-0.05, 0) is 31.0 Å². The molecular weight excluding hydrogens is 476 g/mol. The number of aliphatic imine (C=N–C) groups is 1. The van der Waals surface area contributed by atoms with E-state index in [1.807, 2.05) is 6.20 Å². The van der Waals surface area contributed by atoms with Gasteiger partial charge in [0.2, 0.25) is 0 Å². The standard InChI is InChI=1S/C17H21F3N4S.HI/c1-4-14-9-22-15(25-14)10-23-16(21-3)24-11(2)12-6-5-7-13(8-12)17(18,19)20;/h5-9,11H,4,10H2,1-3H3,(H2,21,23,24);1H. The number of hydrogen-bond donors (Lipinski definition) is 2. The third kappa shape index (κ3) is 6.42. The van der Waals surface area contributed by atoms with E-state index in [2.05, 4.69) is 27.5 Å². The van der Waals surface area contributed by atoms with E-state index in [0.29, 0.717) is 18.1 Å². The molecule has 0 aliphatic rings. The van der Waals surface area contributed by atoms with Gasteiger partial charge in [-0.2, -0.15) is 13.2 Å². The van der Waals surface area contributed by atoms with E-state index < -0.39 is 11.7 Å². The molecule has 1 atom stereocenters. The third-order valence-electron chi connectivity index (χ3n) is 3.65. The van der Waals surface area contributed by atoms with Crippen molar-refractivity contribution >= 4 is 41.3 Å². The van der Waals surface area contributed by atoms with Crippen molar-refractivity contribution in [2.75, 3.05) is 7.05 Å². The lowest BCUT2D eigenvalue weighted by atomic mass is 10.1. The fourth-order valence-corrected chi connectivity index (χ4v) is 3.02. The summed E-state index contributed by atoms with van der Waals surface area (Å²) < 4.78 is 38.5. The molecule has 2 N–H and O–H groups in total. The molecule has 0 amide bonds. The number of rotatable bonds is 5. The quantitative estimate of drug-likeness (QED) is 0.355. The van der Waals surface area contributed by atoms with E-state index in [-0.39, 0.29) is 30.0 Å². The SMILES string of the molecule is CCc1cnc(CNC(=NC)NC(C)c2cccc(C(F)(F)F)c2)s1.I. The zero-order valence-electron chi connectivity index (χ0n) is 14.7. The zero-order valence-corrected chi connectivity index (χ0v) is 17.9. The highest BCUT2D eigenvalue weighted by Gasteiger charge is 2.30. The maximum atomic E-state index is 12.8. The second-order valence-corrected chi connectivity index (χ2v) is 6.69. The second kappa shape index (κ2) is 10.1. The number of thiazole rings is 1. The Morgan fingerprint density at radius 1 is 1.35 bits per heavy atom. The number of nitrogens with zero attached hydrogens (tertiary/aromatic N) is 2. The van der Waals surface area contributed by atoms with Crippen LogP contribution >= 0.6 is 35.3 Å². The molecular formula is C17H22F3IN4S. The topological polar surface area (TPSA) is 49.3 Å². The normalized spacial score (nSPS) is 13.1. The molecule has 1 aromatic heterocycles. The van der Waals surface area contributed by atoms with Gasteiger partial charge in [-0.3, -0.25) is 4.99 Å². The Hall–Kier alpha value is -1.36. The Morgan fingerprint density at radius 2 is 2.08 bits per heavy atom. The molecule has 2 aromatic rings. The van der Waals surface area contributed by atoms with Gasteiger partial charge in [0.05, 0.1) is 18.2 Å². The summed E-state index contributed by atoms with van der Waals surface area (Å²) in [7, 11) is 1.62. The molecule has 0 bridgehead atoms. The minimum atomic E-state index is -4.35. The first-order valence-corrected chi connectivity index (χ1v) is 8.73. The molecule has 0 aliphatic carbocycles. The van der Waals surface area contributed by atoms with Crippen LogP contribution in [0.25, 0.3) is 0 Å². The lowest BCUT2D eigenvalue weighted by molar-refractivity contribution is -0.137. The average molecular weight is 498 g/mol. The van der Waals surface area contributed by atoms with Crippen molar-refractivity contribution in [3.8, 4) is 0 Å². The molecule has 0 fully saturated rings. The number of guanidine groups is 1. The number of nitrogens with one attached hydrogen (secondary N) is 2. The van der Waals surface area contributed by atoms with E-state index in [1.54, 1.807) is 31.4 Å². The fourth-order valence-electron chi connectivity index (χ4n) is 2.22. The number of aromatic nitrogens is 1. The van der Waals surface area contributed by atoms with Crippen molar-refractivity contribution in [2.45, 2.75) is 39.0 Å². The van der Waals surface area contributed by atoms with Crippen molar-refractivity contribution < 1.29 is 13.2 Å². The zero-order chi connectivity index (χ0) is 18.4. The lowest BCUT2D eigenvalue weighted by Gasteiger charge is -2.19. The summed E-state index contributed by atoms with van der Waals surface area (Å²) in [6.45, 7) is 4.38. The van der Waals surface area contributed by atoms with Gasteiger partial charge in [-0.25, -0.2) is 4.98 Å². The second-order valence-electron chi connectivity index (χ2n) is 5.49. The minimum Gasteiger partial charge on any atom is -0.350 e. The smallest absolute Gasteiger partial charge is 0.350 e. The number of halogens is 4. The summed E-state index contributed by atoms with van der Waals surface area (Å²) in [4.78, 5) is 9.64. The summed E-state index contributed by atoms with van der Waals surface area (Å²) >= 11 is 1.62. The van der Waals surface area contributed by atoms with E-state index in [4.69, 9.17) is 0 Å². The summed E-state index contributed by atoms with van der Waals surface area (Å²) in [6, 6.07) is 4.97. The van der Waals surface area contributed by atoms with Gasteiger partial charge in [0, 0.05) is 18.1 Å². The van der Waals surface area contributed by atoms with E-state index in [0.717, 1.165) is 23.6 Å². The van der Waals surface area contributed by atoms with Crippen LogP contribution in [0.1, 0.15) is 40.9 Å². The summed E-state index contributed by atoms with van der Waals surface area (Å²) in [5.41, 5.74) is -0.114. The maximum Gasteiger partial charge on any atom is 0.416 e. The molecule has 144 valence electrons. The number of aryl methyl sites for hydroxylation is 1. The van der Waals surface area contributed by atoms with Crippen LogP contribution in [-0.2, 0) is 19.1 Å².